The van der Waals surface area contributed by atoms with Crippen LogP contribution in [-0.4, -0.2) is 140 Å². The average molecular weight is 1060 g/mol. The van der Waals surface area contributed by atoms with Gasteiger partial charge < -0.3 is 65.1 Å². The minimum Gasteiger partial charge on any atom is -0.394 e. The van der Waals surface area contributed by atoms with E-state index in [-0.39, 0.29) is 12.5 Å². The number of hydrogen-bond donors (Lipinski definition) is 9. The zero-order valence-electron chi connectivity index (χ0n) is 47.4. The summed E-state index contributed by atoms with van der Waals surface area (Å²) in [7, 11) is 0. The first-order valence-electron chi connectivity index (χ1n) is 31.3. The third-order valence-electron chi connectivity index (χ3n) is 15.8. The lowest BCUT2D eigenvalue weighted by Gasteiger charge is -2.46. The van der Waals surface area contributed by atoms with E-state index in [1.165, 1.54) is 205 Å². The Kier molecular flexibility index (Phi) is 43.8. The standard InChI is InChI=1S/C60H117NO13/c1-3-5-7-9-11-13-15-17-19-21-23-24-25-26-27-29-31-33-35-37-39-41-43-49(64)48(61-52(65)44-42-40-38-36-34-32-30-28-22-20-18-16-14-12-10-8-6-4-2)47-71-59-57(70)55(68)58(51(46-63)73-59)74-60-56(69)54(67)53(66)50(45-62)72-60/h48-51,53-60,62-64,66-70H,3-47H2,1-2H3,(H,61,65). The highest BCUT2D eigenvalue weighted by Crippen LogP contribution is 2.30. The number of aliphatic hydroxyl groups excluding tert-OH is 8. The molecular weight excluding hydrogens is 943 g/mol. The van der Waals surface area contributed by atoms with E-state index >= 15 is 0 Å². The van der Waals surface area contributed by atoms with Crippen molar-refractivity contribution in [3.63, 3.8) is 0 Å². The molecule has 2 rings (SSSR count). The van der Waals surface area contributed by atoms with Gasteiger partial charge in [0.15, 0.2) is 12.6 Å². The van der Waals surface area contributed by atoms with Crippen LogP contribution in [0.4, 0.5) is 0 Å². The van der Waals surface area contributed by atoms with Gasteiger partial charge in [-0.2, -0.15) is 0 Å². The molecule has 0 aromatic carbocycles. The van der Waals surface area contributed by atoms with Crippen LogP contribution >= 0.6 is 0 Å². The van der Waals surface area contributed by atoms with E-state index in [2.05, 4.69) is 19.2 Å². The lowest BCUT2D eigenvalue weighted by Crippen LogP contribution is -2.65. The first-order valence-corrected chi connectivity index (χ1v) is 31.3. The van der Waals surface area contributed by atoms with Crippen LogP contribution in [0.2, 0.25) is 0 Å². The Morgan fingerprint density at radius 2 is 0.770 bits per heavy atom. The SMILES string of the molecule is CCCCCCCCCCCCCCCCCCCCCCCCC(O)C(COC1OC(CO)C(OC2OC(CO)C(O)C(O)C2O)C(O)C1O)NC(=O)CCCCCCCCCCCCCCCCCCCC. The fraction of sp³-hybridized carbons (Fsp3) is 0.983. The summed E-state index contributed by atoms with van der Waals surface area (Å²) in [6, 6.07) is -0.823. The largest absolute Gasteiger partial charge is 0.394 e. The molecule has 0 aromatic heterocycles. The molecule has 0 saturated carbocycles. The molecule has 0 spiro atoms. The van der Waals surface area contributed by atoms with Crippen molar-refractivity contribution in [2.45, 2.75) is 357 Å². The van der Waals surface area contributed by atoms with Crippen LogP contribution in [0.5, 0.6) is 0 Å². The number of unbranched alkanes of at least 4 members (excludes halogenated alkanes) is 38. The first kappa shape index (κ1) is 69.1. The van der Waals surface area contributed by atoms with Crippen LogP contribution in [0.25, 0.3) is 0 Å². The number of aliphatic hydroxyl groups is 8. The number of carbonyl (C=O) groups is 1. The van der Waals surface area contributed by atoms with Gasteiger partial charge in [0.1, 0.15) is 48.8 Å². The Morgan fingerprint density at radius 1 is 0.432 bits per heavy atom. The van der Waals surface area contributed by atoms with Crippen LogP contribution in [0.1, 0.15) is 284 Å². The second kappa shape index (κ2) is 46.9. The van der Waals surface area contributed by atoms with Crippen LogP contribution in [0, 0.1) is 0 Å². The number of rotatable bonds is 51. The van der Waals surface area contributed by atoms with E-state index in [1.54, 1.807) is 0 Å². The average Bonchev–Trinajstić information content (AvgIpc) is 3.40. The van der Waals surface area contributed by atoms with E-state index in [9.17, 15) is 45.6 Å². The van der Waals surface area contributed by atoms with Crippen LogP contribution in [0.15, 0.2) is 0 Å². The van der Waals surface area contributed by atoms with Gasteiger partial charge in [0.2, 0.25) is 5.91 Å². The number of hydrogen-bond acceptors (Lipinski definition) is 13. The van der Waals surface area contributed by atoms with Crippen LogP contribution in [0.3, 0.4) is 0 Å². The molecule has 2 heterocycles. The fourth-order valence-electron chi connectivity index (χ4n) is 10.8. The smallest absolute Gasteiger partial charge is 0.220 e. The van der Waals surface area contributed by atoms with E-state index in [0.717, 1.165) is 51.4 Å². The molecule has 1 amide bonds. The lowest BCUT2D eigenvalue weighted by molar-refractivity contribution is -0.359. The van der Waals surface area contributed by atoms with E-state index in [1.807, 2.05) is 0 Å². The van der Waals surface area contributed by atoms with E-state index < -0.39 is 86.8 Å². The van der Waals surface area contributed by atoms with Gasteiger partial charge in [-0.15, -0.1) is 0 Å². The molecule has 14 heteroatoms. The Balaban J connectivity index is 1.73. The highest BCUT2D eigenvalue weighted by atomic mass is 16.7. The zero-order chi connectivity index (χ0) is 53.9. The molecule has 440 valence electrons. The summed E-state index contributed by atoms with van der Waals surface area (Å²) >= 11 is 0. The quantitative estimate of drug-likeness (QED) is 0.0259. The Hall–Kier alpha value is -1.01. The highest BCUT2D eigenvalue weighted by Gasteiger charge is 2.51. The summed E-state index contributed by atoms with van der Waals surface area (Å²) in [5.41, 5.74) is 0. The third-order valence-corrected chi connectivity index (χ3v) is 15.8. The number of ether oxygens (including phenoxy) is 4. The predicted molar refractivity (Wildman–Crippen MR) is 296 cm³/mol. The normalized spacial score (nSPS) is 25.1. The summed E-state index contributed by atoms with van der Waals surface area (Å²) in [5, 5.41) is 87.4. The Morgan fingerprint density at radius 3 is 1.15 bits per heavy atom. The fourth-order valence-corrected chi connectivity index (χ4v) is 10.8. The summed E-state index contributed by atoms with van der Waals surface area (Å²) in [5.74, 6) is -0.199. The molecule has 0 aromatic rings. The molecular formula is C60H117NO13. The molecule has 12 atom stereocenters. The lowest BCUT2D eigenvalue weighted by atomic mass is 9.97. The second-order valence-electron chi connectivity index (χ2n) is 22.6. The van der Waals surface area contributed by atoms with Crippen molar-refractivity contribution in [1.82, 2.24) is 5.32 Å². The highest BCUT2D eigenvalue weighted by molar-refractivity contribution is 5.76. The van der Waals surface area contributed by atoms with Crippen molar-refractivity contribution in [2.24, 2.45) is 0 Å². The molecule has 0 bridgehead atoms. The van der Waals surface area contributed by atoms with Crippen molar-refractivity contribution in [3.8, 4) is 0 Å². The van der Waals surface area contributed by atoms with Crippen LogP contribution < -0.4 is 5.32 Å². The molecule has 74 heavy (non-hydrogen) atoms. The molecule has 2 aliphatic rings. The maximum Gasteiger partial charge on any atom is 0.220 e. The maximum atomic E-state index is 13.3. The van der Waals surface area contributed by atoms with Crippen molar-refractivity contribution in [3.05, 3.63) is 0 Å². The topological polar surface area (TPSA) is 228 Å². The molecule has 14 nitrogen and oxygen atoms in total. The monoisotopic (exact) mass is 1060 g/mol. The van der Waals surface area contributed by atoms with E-state index in [0.29, 0.717) is 12.8 Å². The van der Waals surface area contributed by atoms with Gasteiger partial charge in [0.25, 0.3) is 0 Å². The maximum absolute atomic E-state index is 13.3. The number of nitrogens with one attached hydrogen (secondary N) is 1. The van der Waals surface area contributed by atoms with Gasteiger partial charge in [0.05, 0.1) is 32.0 Å². The number of amides is 1. The first-order chi connectivity index (χ1) is 36.1. The van der Waals surface area contributed by atoms with Gasteiger partial charge in [-0.3, -0.25) is 4.79 Å². The van der Waals surface area contributed by atoms with Crippen molar-refractivity contribution < 1.29 is 64.6 Å². The predicted octanol–water partition coefficient (Wildman–Crippen LogP) is 10.9. The van der Waals surface area contributed by atoms with Crippen molar-refractivity contribution >= 4 is 5.91 Å². The zero-order valence-corrected chi connectivity index (χ0v) is 47.4. The summed E-state index contributed by atoms with van der Waals surface area (Å²) < 4.78 is 22.9. The molecule has 0 aliphatic carbocycles. The van der Waals surface area contributed by atoms with Gasteiger partial charge in [-0.25, -0.2) is 0 Å². The van der Waals surface area contributed by atoms with E-state index in [4.69, 9.17) is 18.9 Å². The molecule has 12 unspecified atom stereocenters. The number of carbonyl (C=O) groups excluding carboxylic acids is 1. The summed E-state index contributed by atoms with van der Waals surface area (Å²) in [6.07, 6.45) is 35.3. The van der Waals surface area contributed by atoms with Crippen LogP contribution in [-0.2, 0) is 23.7 Å². The molecule has 2 aliphatic heterocycles. The third kappa shape index (κ3) is 32.2. The molecule has 9 N–H and O–H groups in total. The van der Waals surface area contributed by atoms with Gasteiger partial charge >= 0.3 is 0 Å². The molecule has 0 radical (unpaired) electrons. The van der Waals surface area contributed by atoms with Gasteiger partial charge in [0, 0.05) is 6.42 Å². The Bertz CT molecular complexity index is 1250. The van der Waals surface area contributed by atoms with Crippen molar-refractivity contribution in [1.29, 1.82) is 0 Å². The molecule has 2 fully saturated rings. The van der Waals surface area contributed by atoms with Gasteiger partial charge in [-0.05, 0) is 12.8 Å². The summed E-state index contributed by atoms with van der Waals surface area (Å²) in [6.45, 7) is 2.91. The minimum absolute atomic E-state index is 0.199. The second-order valence-corrected chi connectivity index (χ2v) is 22.6. The Labute approximate surface area is 451 Å². The van der Waals surface area contributed by atoms with Crippen molar-refractivity contribution in [2.75, 3.05) is 19.8 Å². The molecule has 2 saturated heterocycles. The van der Waals surface area contributed by atoms with Gasteiger partial charge in [-0.1, -0.05) is 264 Å². The summed E-state index contributed by atoms with van der Waals surface area (Å²) in [4.78, 5) is 13.3. The minimum atomic E-state index is -1.78.